The number of fused-ring (bicyclic) bond motifs is 2. The van der Waals surface area contributed by atoms with E-state index in [1.807, 2.05) is 41.1 Å². The van der Waals surface area contributed by atoms with Crippen LogP contribution in [0.2, 0.25) is 25.4 Å². The highest BCUT2D eigenvalue weighted by Gasteiger charge is 2.17. The third kappa shape index (κ3) is 10.7. The first-order valence-electron chi connectivity index (χ1n) is 16.2. The van der Waals surface area contributed by atoms with Crippen molar-refractivity contribution in [2.45, 2.75) is 13.1 Å². The predicted molar refractivity (Wildman–Crippen MR) is 218 cm³/mol. The molecule has 4 aromatic heterocycles. The second kappa shape index (κ2) is 18.8. The molecule has 0 unspecified atom stereocenters. The Hall–Kier alpha value is -2.75. The minimum absolute atomic E-state index is 0.223. The lowest BCUT2D eigenvalue weighted by atomic mass is 10.2. The van der Waals surface area contributed by atoms with Crippen molar-refractivity contribution in [3.8, 4) is 0 Å². The van der Waals surface area contributed by atoms with E-state index in [-0.39, 0.29) is 5.28 Å². The molecular weight excluding hydrogens is 790 g/mol. The predicted octanol–water partition coefficient (Wildman–Crippen LogP) is 8.46. The van der Waals surface area contributed by atoms with Crippen LogP contribution in [-0.2, 0) is 13.1 Å². The Morgan fingerprint density at radius 1 is 0.588 bits per heavy atom. The van der Waals surface area contributed by atoms with E-state index in [0.717, 1.165) is 95.7 Å². The summed E-state index contributed by atoms with van der Waals surface area (Å²) in [5.41, 5.74) is 3.73. The Morgan fingerprint density at radius 3 is 1.59 bits per heavy atom. The van der Waals surface area contributed by atoms with Crippen molar-refractivity contribution in [2.75, 3.05) is 67.9 Å². The van der Waals surface area contributed by atoms with Gasteiger partial charge in [0, 0.05) is 85.5 Å². The van der Waals surface area contributed by atoms with Crippen LogP contribution in [0.3, 0.4) is 0 Å². The Morgan fingerprint density at radius 2 is 1.08 bits per heavy atom. The highest BCUT2D eigenvalue weighted by Crippen LogP contribution is 2.31. The minimum atomic E-state index is 0.223. The zero-order chi connectivity index (χ0) is 35.6. The Labute approximate surface area is 329 Å². The smallest absolute Gasteiger partial charge is 0.228 e. The van der Waals surface area contributed by atoms with E-state index >= 15 is 0 Å². The molecule has 0 saturated carbocycles. The topological polar surface area (TPSA) is 115 Å². The molecule has 17 heteroatoms. The van der Waals surface area contributed by atoms with Gasteiger partial charge in [0.1, 0.15) is 11.6 Å². The largest absolute Gasteiger partial charge is 0.365 e. The summed E-state index contributed by atoms with van der Waals surface area (Å²) in [5.74, 6) is 2.33. The summed E-state index contributed by atoms with van der Waals surface area (Å²) in [6.45, 7) is 9.41. The summed E-state index contributed by atoms with van der Waals surface area (Å²) in [6.07, 6.45) is 0. The minimum Gasteiger partial charge on any atom is -0.365 e. The number of aromatic nitrogens is 4. The average Bonchev–Trinajstić information content (AvgIpc) is 3.83. The molecule has 8 rings (SSSR count). The Bertz CT molecular complexity index is 2040. The van der Waals surface area contributed by atoms with Gasteiger partial charge >= 0.3 is 0 Å². The molecule has 0 radical (unpaired) electrons. The molecule has 2 aliphatic heterocycles. The number of anilines is 3. The van der Waals surface area contributed by atoms with Crippen molar-refractivity contribution >= 4 is 119 Å². The van der Waals surface area contributed by atoms with Crippen molar-refractivity contribution in [1.82, 2.24) is 35.9 Å². The molecule has 0 atom stereocenters. The zero-order valence-electron chi connectivity index (χ0n) is 27.3. The fraction of sp³-hybridized carbons (Fsp3) is 0.294. The summed E-state index contributed by atoms with van der Waals surface area (Å²) in [7, 11) is 0. The van der Waals surface area contributed by atoms with Crippen molar-refractivity contribution < 1.29 is 0 Å². The van der Waals surface area contributed by atoms with Crippen LogP contribution in [-0.4, -0.2) is 72.3 Å². The molecule has 2 aromatic carbocycles. The van der Waals surface area contributed by atoms with Crippen LogP contribution < -0.4 is 31.5 Å². The average molecular weight is 825 g/mol. The molecule has 0 amide bonds. The number of rotatable bonds is 7. The lowest BCUT2D eigenvalue weighted by molar-refractivity contribution is 0.534. The van der Waals surface area contributed by atoms with Crippen molar-refractivity contribution in [3.63, 3.8) is 0 Å². The summed E-state index contributed by atoms with van der Waals surface area (Å²) in [4.78, 5) is 20.1. The normalized spacial score (nSPS) is 14.4. The van der Waals surface area contributed by atoms with Crippen molar-refractivity contribution in [2.24, 2.45) is 0 Å². The molecule has 10 nitrogen and oxygen atoms in total. The van der Waals surface area contributed by atoms with Gasteiger partial charge in [-0.1, -0.05) is 58.5 Å². The molecule has 0 spiro atoms. The number of hydrogen-bond donors (Lipinski definition) is 5. The van der Waals surface area contributed by atoms with E-state index in [0.29, 0.717) is 39.0 Å². The fourth-order valence-corrected chi connectivity index (χ4v) is 7.94. The third-order valence-corrected chi connectivity index (χ3v) is 11.0. The van der Waals surface area contributed by atoms with E-state index in [1.54, 1.807) is 40.9 Å². The lowest BCUT2D eigenvalue weighted by Gasteiger charge is -2.27. The van der Waals surface area contributed by atoms with E-state index in [2.05, 4.69) is 41.5 Å². The molecular formula is C34H35Cl5N10S2. The maximum absolute atomic E-state index is 6.28. The van der Waals surface area contributed by atoms with Gasteiger partial charge in [-0.15, -0.1) is 22.7 Å². The number of nitrogens with one attached hydrogen (secondary N) is 5. The van der Waals surface area contributed by atoms with Crippen molar-refractivity contribution in [3.05, 3.63) is 95.8 Å². The highest BCUT2D eigenvalue weighted by atomic mass is 35.5. The van der Waals surface area contributed by atoms with Crippen LogP contribution in [0, 0.1) is 0 Å². The standard InChI is InChI=1S/C17H17Cl2N5S.C13H8Cl3N3S.C4H10N2/c18-12-2-1-11(13(19)9-12)10-21-16-15-14(3-8-25-15)22-17(23-16)24-6-4-20-5-7-24;14-8-2-1-7(9(15)5-8)6-17-12-11-10(3-4-20-11)18-13(16)19-12;1-2-6-4-3-5-1/h1-3,8-9,20H,4-7,10H2,(H,21,22,23);1-5H,6H2,(H,17,18,19);5-6H,1-4H2. The summed E-state index contributed by atoms with van der Waals surface area (Å²) in [6, 6.07) is 14.9. The number of piperazine rings is 2. The maximum atomic E-state index is 6.28. The van der Waals surface area contributed by atoms with Gasteiger partial charge in [0.15, 0.2) is 0 Å². The van der Waals surface area contributed by atoms with Crippen LogP contribution >= 0.6 is 80.7 Å². The van der Waals surface area contributed by atoms with Gasteiger partial charge in [0.05, 0.1) is 20.4 Å². The van der Waals surface area contributed by atoms with Crippen LogP contribution in [0.5, 0.6) is 0 Å². The van der Waals surface area contributed by atoms with Gasteiger partial charge in [-0.05, 0) is 69.9 Å². The molecule has 2 saturated heterocycles. The first kappa shape index (κ1) is 38.0. The van der Waals surface area contributed by atoms with Crippen LogP contribution in [0.15, 0.2) is 59.3 Å². The van der Waals surface area contributed by atoms with Gasteiger partial charge in [-0.3, -0.25) is 0 Å². The molecule has 0 bridgehead atoms. The Kier molecular flexibility index (Phi) is 14.0. The number of hydrogen-bond acceptors (Lipinski definition) is 12. The second-order valence-corrected chi connectivity index (χ2v) is 15.3. The molecule has 2 fully saturated rings. The molecule has 2 aliphatic rings. The van der Waals surface area contributed by atoms with E-state index in [1.165, 1.54) is 0 Å². The number of nitrogens with zero attached hydrogens (tertiary/aromatic N) is 5. The monoisotopic (exact) mass is 822 g/mol. The van der Waals surface area contributed by atoms with E-state index in [9.17, 15) is 0 Å². The van der Waals surface area contributed by atoms with Crippen LogP contribution in [0.25, 0.3) is 20.4 Å². The number of thiophene rings is 2. The maximum Gasteiger partial charge on any atom is 0.228 e. The highest BCUT2D eigenvalue weighted by molar-refractivity contribution is 7.18. The molecule has 268 valence electrons. The first-order valence-corrected chi connectivity index (χ1v) is 19.9. The van der Waals surface area contributed by atoms with E-state index in [4.69, 9.17) is 68.0 Å². The number of benzene rings is 2. The lowest BCUT2D eigenvalue weighted by Crippen LogP contribution is -2.44. The summed E-state index contributed by atoms with van der Waals surface area (Å²) >= 11 is 33.4. The van der Waals surface area contributed by atoms with Crippen molar-refractivity contribution in [1.29, 1.82) is 0 Å². The molecule has 6 heterocycles. The van der Waals surface area contributed by atoms with Gasteiger partial charge in [-0.2, -0.15) is 9.97 Å². The van der Waals surface area contributed by atoms with Crippen LogP contribution in [0.4, 0.5) is 17.6 Å². The van der Waals surface area contributed by atoms with E-state index < -0.39 is 0 Å². The first-order chi connectivity index (χ1) is 24.8. The fourth-order valence-electron chi connectivity index (χ4n) is 5.22. The second-order valence-electron chi connectivity index (χ2n) is 11.4. The molecule has 51 heavy (non-hydrogen) atoms. The zero-order valence-corrected chi connectivity index (χ0v) is 32.7. The molecule has 0 aliphatic carbocycles. The summed E-state index contributed by atoms with van der Waals surface area (Å²) in [5, 5.41) is 23.2. The SMILES string of the molecule is C1CNCCN1.Clc1ccc(CNc2nc(Cl)nc3ccsc23)c(Cl)c1.Clc1ccc(CNc2nc(N3CCNCC3)nc3ccsc23)c(Cl)c1. The third-order valence-electron chi connectivity index (χ3n) is 7.85. The van der Waals surface area contributed by atoms with Gasteiger partial charge < -0.3 is 31.5 Å². The van der Waals surface area contributed by atoms with Crippen LogP contribution in [0.1, 0.15) is 11.1 Å². The number of halogens is 5. The molecule has 5 N–H and O–H groups in total. The van der Waals surface area contributed by atoms with Gasteiger partial charge in [-0.25, -0.2) is 9.97 Å². The summed E-state index contributed by atoms with van der Waals surface area (Å²) < 4.78 is 2.03. The van der Waals surface area contributed by atoms with Gasteiger partial charge in [0.2, 0.25) is 11.2 Å². The van der Waals surface area contributed by atoms with Gasteiger partial charge in [0.25, 0.3) is 0 Å². The quantitative estimate of drug-likeness (QED) is 0.101. The molecule has 6 aromatic rings. The Balaban J connectivity index is 0.000000154.